The minimum atomic E-state index is -3.20. The first kappa shape index (κ1) is 17.5. The average Bonchev–Trinajstić information content (AvgIpc) is 2.97. The Kier molecular flexibility index (Phi) is 5.33. The number of fused-ring (bicyclic) bond motifs is 1. The summed E-state index contributed by atoms with van der Waals surface area (Å²) >= 11 is 1.64. The molecule has 1 aliphatic heterocycles. The maximum Gasteiger partial charge on any atom is 0.214 e. The molecule has 7 nitrogen and oxygen atoms in total. The summed E-state index contributed by atoms with van der Waals surface area (Å²) in [7, 11) is -1.62. The molecular formula is C15H22N4O3S2. The van der Waals surface area contributed by atoms with E-state index in [0.717, 1.165) is 21.6 Å². The van der Waals surface area contributed by atoms with Gasteiger partial charge in [-0.05, 0) is 24.3 Å². The number of anilines is 1. The number of hydrogen-bond donors (Lipinski definition) is 0. The van der Waals surface area contributed by atoms with Crippen LogP contribution in [-0.4, -0.2) is 68.3 Å². The molecule has 0 spiro atoms. The molecule has 3 heterocycles. The number of hydrogen-bond acceptors (Lipinski definition) is 7. The lowest BCUT2D eigenvalue weighted by Gasteiger charge is -2.34. The minimum absolute atomic E-state index is 0.142. The van der Waals surface area contributed by atoms with Crippen molar-refractivity contribution in [1.29, 1.82) is 0 Å². The van der Waals surface area contributed by atoms with Gasteiger partial charge in [0.25, 0.3) is 0 Å². The Hall–Kier alpha value is -1.29. The molecule has 1 saturated heterocycles. The van der Waals surface area contributed by atoms with Crippen LogP contribution in [0.2, 0.25) is 0 Å². The van der Waals surface area contributed by atoms with Crippen LogP contribution >= 0.6 is 11.3 Å². The molecule has 132 valence electrons. The van der Waals surface area contributed by atoms with Gasteiger partial charge in [0.1, 0.15) is 12.1 Å². The summed E-state index contributed by atoms with van der Waals surface area (Å²) in [6, 6.07) is 0. The lowest BCUT2D eigenvalue weighted by atomic mass is 10.3. The Labute approximate surface area is 146 Å². The molecule has 1 aliphatic rings. The van der Waals surface area contributed by atoms with Crippen LogP contribution in [0.1, 0.15) is 12.0 Å². The number of methoxy groups -OCH3 is 1. The highest BCUT2D eigenvalue weighted by atomic mass is 32.2. The molecule has 9 heteroatoms. The maximum atomic E-state index is 12.3. The second-order valence-electron chi connectivity index (χ2n) is 5.84. The lowest BCUT2D eigenvalue weighted by molar-refractivity contribution is 0.199. The Morgan fingerprint density at radius 2 is 2.00 bits per heavy atom. The number of nitrogens with zero attached hydrogens (tertiary/aromatic N) is 4. The normalized spacial score (nSPS) is 16.8. The topological polar surface area (TPSA) is 75.6 Å². The van der Waals surface area contributed by atoms with Crippen LogP contribution < -0.4 is 4.90 Å². The molecular weight excluding hydrogens is 348 g/mol. The van der Waals surface area contributed by atoms with Crippen molar-refractivity contribution >= 4 is 37.4 Å². The second-order valence-corrected chi connectivity index (χ2v) is 8.81. The van der Waals surface area contributed by atoms with E-state index in [-0.39, 0.29) is 5.75 Å². The SMILES string of the molecule is COCCCS(=O)(=O)N1CCN(c2ncnc3c(C)csc23)CC1. The minimum Gasteiger partial charge on any atom is -0.385 e. The predicted molar refractivity (Wildman–Crippen MR) is 96.2 cm³/mol. The largest absolute Gasteiger partial charge is 0.385 e. The highest BCUT2D eigenvalue weighted by Gasteiger charge is 2.28. The number of aryl methyl sites for hydroxylation is 1. The maximum absolute atomic E-state index is 12.3. The summed E-state index contributed by atoms with van der Waals surface area (Å²) in [4.78, 5) is 10.9. The zero-order chi connectivity index (χ0) is 17.2. The van der Waals surface area contributed by atoms with Crippen molar-refractivity contribution in [2.45, 2.75) is 13.3 Å². The smallest absolute Gasteiger partial charge is 0.214 e. The fraction of sp³-hybridized carbons (Fsp3) is 0.600. The highest BCUT2D eigenvalue weighted by Crippen LogP contribution is 2.31. The summed E-state index contributed by atoms with van der Waals surface area (Å²) in [6.45, 7) is 4.78. The van der Waals surface area contributed by atoms with Crippen LogP contribution in [0.3, 0.4) is 0 Å². The van der Waals surface area contributed by atoms with Gasteiger partial charge < -0.3 is 9.64 Å². The second kappa shape index (κ2) is 7.30. The summed E-state index contributed by atoms with van der Waals surface area (Å²) in [5.41, 5.74) is 2.14. The van der Waals surface area contributed by atoms with Gasteiger partial charge in [0.2, 0.25) is 10.0 Å². The van der Waals surface area contributed by atoms with Crippen molar-refractivity contribution in [1.82, 2.24) is 14.3 Å². The summed E-state index contributed by atoms with van der Waals surface area (Å²) < 4.78 is 32.3. The van der Waals surface area contributed by atoms with E-state index in [4.69, 9.17) is 4.74 Å². The summed E-state index contributed by atoms with van der Waals surface area (Å²) in [5.74, 6) is 1.05. The molecule has 3 rings (SSSR count). The van der Waals surface area contributed by atoms with E-state index in [1.54, 1.807) is 29.1 Å². The standard InChI is InChI=1S/C15H22N4O3S2/c1-12-10-23-14-13(12)16-11-17-15(14)18-4-6-19(7-5-18)24(20,21)9-3-8-22-2/h10-11H,3-9H2,1-2H3. The molecule has 0 aromatic carbocycles. The van der Waals surface area contributed by atoms with Crippen molar-refractivity contribution < 1.29 is 13.2 Å². The lowest BCUT2D eigenvalue weighted by Crippen LogP contribution is -2.49. The number of aromatic nitrogens is 2. The van der Waals surface area contributed by atoms with Gasteiger partial charge in [-0.25, -0.2) is 18.4 Å². The molecule has 0 amide bonds. The van der Waals surface area contributed by atoms with Crippen molar-refractivity contribution in [3.05, 3.63) is 17.3 Å². The molecule has 0 aliphatic carbocycles. The first-order valence-electron chi connectivity index (χ1n) is 7.93. The molecule has 24 heavy (non-hydrogen) atoms. The Morgan fingerprint density at radius 1 is 1.25 bits per heavy atom. The van der Waals surface area contributed by atoms with E-state index >= 15 is 0 Å². The predicted octanol–water partition coefficient (Wildman–Crippen LogP) is 1.49. The van der Waals surface area contributed by atoms with Gasteiger partial charge >= 0.3 is 0 Å². The van der Waals surface area contributed by atoms with Crippen molar-refractivity contribution in [3.63, 3.8) is 0 Å². The quantitative estimate of drug-likeness (QED) is 0.717. The summed E-state index contributed by atoms with van der Waals surface area (Å²) in [6.07, 6.45) is 2.12. The van der Waals surface area contributed by atoms with Crippen LogP contribution in [-0.2, 0) is 14.8 Å². The van der Waals surface area contributed by atoms with Gasteiger partial charge in [-0.15, -0.1) is 11.3 Å². The number of piperazine rings is 1. The highest BCUT2D eigenvalue weighted by molar-refractivity contribution is 7.89. The van der Waals surface area contributed by atoms with Gasteiger partial charge in [0.15, 0.2) is 0 Å². The van der Waals surface area contributed by atoms with Crippen molar-refractivity contribution in [2.75, 3.05) is 50.5 Å². The number of thiophene rings is 1. The zero-order valence-electron chi connectivity index (χ0n) is 13.9. The first-order valence-corrected chi connectivity index (χ1v) is 10.4. The van der Waals surface area contributed by atoms with E-state index < -0.39 is 10.0 Å². The third-order valence-electron chi connectivity index (χ3n) is 4.19. The third-order valence-corrected chi connectivity index (χ3v) is 7.23. The molecule has 1 fully saturated rings. The van der Waals surface area contributed by atoms with E-state index in [1.807, 2.05) is 6.92 Å². The average molecular weight is 371 g/mol. The number of rotatable bonds is 6. The molecule has 0 bridgehead atoms. The first-order chi connectivity index (χ1) is 11.5. The van der Waals surface area contributed by atoms with Gasteiger partial charge in [-0.3, -0.25) is 0 Å². The fourth-order valence-corrected chi connectivity index (χ4v) is 5.35. The van der Waals surface area contributed by atoms with E-state index in [2.05, 4.69) is 20.2 Å². The van der Waals surface area contributed by atoms with Crippen LogP contribution in [0.4, 0.5) is 5.82 Å². The van der Waals surface area contributed by atoms with Crippen LogP contribution in [0.15, 0.2) is 11.7 Å². The van der Waals surface area contributed by atoms with Crippen LogP contribution in [0.5, 0.6) is 0 Å². The van der Waals surface area contributed by atoms with Gasteiger partial charge in [-0.2, -0.15) is 4.31 Å². The van der Waals surface area contributed by atoms with Gasteiger partial charge in [0, 0.05) is 39.9 Å². The third kappa shape index (κ3) is 3.53. The molecule has 0 unspecified atom stereocenters. The van der Waals surface area contributed by atoms with Crippen molar-refractivity contribution in [3.8, 4) is 0 Å². The van der Waals surface area contributed by atoms with E-state index in [0.29, 0.717) is 39.2 Å². The van der Waals surface area contributed by atoms with Crippen LogP contribution in [0.25, 0.3) is 10.2 Å². The molecule has 0 radical (unpaired) electrons. The summed E-state index contributed by atoms with van der Waals surface area (Å²) in [5, 5.41) is 2.08. The van der Waals surface area contributed by atoms with Gasteiger partial charge in [-0.1, -0.05) is 0 Å². The number of ether oxygens (including phenoxy) is 1. The molecule has 2 aromatic rings. The molecule has 0 N–H and O–H groups in total. The van der Waals surface area contributed by atoms with E-state index in [1.165, 1.54) is 0 Å². The van der Waals surface area contributed by atoms with Gasteiger partial charge in [0.05, 0.1) is 16.0 Å². The van der Waals surface area contributed by atoms with Crippen LogP contribution in [0, 0.1) is 6.92 Å². The number of sulfonamides is 1. The Morgan fingerprint density at radius 3 is 2.71 bits per heavy atom. The zero-order valence-corrected chi connectivity index (χ0v) is 15.6. The fourth-order valence-electron chi connectivity index (χ4n) is 2.88. The van der Waals surface area contributed by atoms with Crippen molar-refractivity contribution in [2.24, 2.45) is 0 Å². The Bertz CT molecular complexity index is 798. The molecule has 2 aromatic heterocycles. The molecule has 0 saturated carbocycles. The Balaban J connectivity index is 1.68. The monoisotopic (exact) mass is 370 g/mol. The van der Waals surface area contributed by atoms with E-state index in [9.17, 15) is 8.42 Å². The molecule has 0 atom stereocenters.